The minimum Gasteiger partial charge on any atom is -0.396 e. The number of hydrogen-bond acceptors (Lipinski definition) is 3. The maximum absolute atomic E-state index is 13.9. The van der Waals surface area contributed by atoms with Gasteiger partial charge in [-0.2, -0.15) is 0 Å². The molecular weight excluding hydrogens is 303 g/mol. The zero-order chi connectivity index (χ0) is 16.3. The molecule has 0 amide bonds. The summed E-state index contributed by atoms with van der Waals surface area (Å²) in [6.07, 6.45) is 0. The van der Waals surface area contributed by atoms with E-state index in [0.29, 0.717) is 10.6 Å². The zero-order valence-electron chi connectivity index (χ0n) is 12.7. The smallest absolute Gasteiger partial charge is 0.146 e. The van der Waals surface area contributed by atoms with E-state index >= 15 is 0 Å². The van der Waals surface area contributed by atoms with Gasteiger partial charge in [-0.15, -0.1) is 0 Å². The largest absolute Gasteiger partial charge is 0.396 e. The van der Waals surface area contributed by atoms with Gasteiger partial charge in [0, 0.05) is 18.7 Å². The highest BCUT2D eigenvalue weighted by Crippen LogP contribution is 2.42. The average molecular weight is 323 g/mol. The first-order chi connectivity index (χ1) is 10.5. The Morgan fingerprint density at radius 2 is 1.27 bits per heavy atom. The summed E-state index contributed by atoms with van der Waals surface area (Å²) >= 11 is 0. The molecule has 0 spiro atoms. The molecule has 0 aliphatic rings. The van der Waals surface area contributed by atoms with Crippen LogP contribution in [0.2, 0.25) is 0 Å². The van der Waals surface area contributed by atoms with Crippen LogP contribution < -0.4 is 22.1 Å². The van der Waals surface area contributed by atoms with Crippen molar-refractivity contribution in [2.45, 2.75) is 13.8 Å². The number of hydrogen-bond donors (Lipinski definition) is 2. The predicted molar refractivity (Wildman–Crippen MR) is 90.7 cm³/mol. The lowest BCUT2D eigenvalue weighted by molar-refractivity contribution is 0.514. The van der Waals surface area contributed by atoms with Crippen LogP contribution >= 0.6 is 8.07 Å². The molecule has 0 atom stereocenters. The molecule has 3 nitrogen and oxygen atoms in total. The van der Waals surface area contributed by atoms with Crippen molar-refractivity contribution in [2.24, 2.45) is 0 Å². The van der Waals surface area contributed by atoms with Gasteiger partial charge in [-0.25, -0.2) is 8.78 Å². The van der Waals surface area contributed by atoms with Gasteiger partial charge >= 0.3 is 0 Å². The Hall–Kier alpha value is -1.71. The van der Waals surface area contributed by atoms with Crippen molar-refractivity contribution in [3.05, 3.63) is 48.0 Å². The van der Waals surface area contributed by atoms with Crippen LogP contribution in [0.25, 0.3) is 0 Å². The maximum atomic E-state index is 13.9. The van der Waals surface area contributed by atoms with E-state index in [1.165, 1.54) is 12.1 Å². The molecule has 2 aromatic carbocycles. The van der Waals surface area contributed by atoms with E-state index in [1.807, 2.05) is 13.8 Å². The Bertz CT molecular complexity index is 608. The topological polar surface area (TPSA) is 55.3 Å². The SMILES string of the molecule is CCN(CC)P(c1cccc(F)c1N)c1cccc(F)c1N. The van der Waals surface area contributed by atoms with Gasteiger partial charge in [0.2, 0.25) is 0 Å². The van der Waals surface area contributed by atoms with E-state index in [1.54, 1.807) is 24.3 Å². The number of rotatable bonds is 5. The van der Waals surface area contributed by atoms with Crippen LogP contribution in [0.1, 0.15) is 13.8 Å². The average Bonchev–Trinajstić information content (AvgIpc) is 2.51. The Kier molecular flexibility index (Phi) is 5.33. The van der Waals surface area contributed by atoms with Crippen molar-refractivity contribution in [3.8, 4) is 0 Å². The van der Waals surface area contributed by atoms with Gasteiger partial charge in [-0.3, -0.25) is 4.67 Å². The predicted octanol–water partition coefficient (Wildman–Crippen LogP) is 2.82. The summed E-state index contributed by atoms with van der Waals surface area (Å²) in [6.45, 7) is 5.47. The van der Waals surface area contributed by atoms with Gasteiger partial charge in [0.1, 0.15) is 11.6 Å². The Balaban J connectivity index is 2.66. The molecule has 0 unspecified atom stereocenters. The van der Waals surface area contributed by atoms with E-state index in [0.717, 1.165) is 13.1 Å². The summed E-state index contributed by atoms with van der Waals surface area (Å²) in [5.41, 5.74) is 12.1. The molecule has 0 fully saturated rings. The van der Waals surface area contributed by atoms with E-state index in [4.69, 9.17) is 11.5 Å². The van der Waals surface area contributed by atoms with Crippen LogP contribution in [-0.4, -0.2) is 17.8 Å². The van der Waals surface area contributed by atoms with Gasteiger partial charge in [-0.1, -0.05) is 38.1 Å². The van der Waals surface area contributed by atoms with Crippen molar-refractivity contribution in [1.82, 2.24) is 4.67 Å². The van der Waals surface area contributed by atoms with Crippen LogP contribution in [0.15, 0.2) is 36.4 Å². The highest BCUT2D eigenvalue weighted by atomic mass is 31.1. The summed E-state index contributed by atoms with van der Waals surface area (Å²) in [6, 6.07) is 9.46. The van der Waals surface area contributed by atoms with Crippen LogP contribution in [-0.2, 0) is 0 Å². The highest BCUT2D eigenvalue weighted by molar-refractivity contribution is 7.71. The first kappa shape index (κ1) is 16.7. The van der Waals surface area contributed by atoms with E-state index < -0.39 is 19.7 Å². The van der Waals surface area contributed by atoms with Crippen molar-refractivity contribution in [3.63, 3.8) is 0 Å². The molecule has 0 aliphatic heterocycles. The second-order valence-electron chi connectivity index (χ2n) is 4.80. The van der Waals surface area contributed by atoms with Gasteiger partial charge in [0.05, 0.1) is 11.4 Å². The Morgan fingerprint density at radius 3 is 1.64 bits per heavy atom. The van der Waals surface area contributed by atoms with Crippen LogP contribution in [0.3, 0.4) is 0 Å². The van der Waals surface area contributed by atoms with Crippen LogP contribution in [0, 0.1) is 11.6 Å². The van der Waals surface area contributed by atoms with E-state index in [9.17, 15) is 8.78 Å². The van der Waals surface area contributed by atoms with Crippen molar-refractivity contribution >= 4 is 30.1 Å². The van der Waals surface area contributed by atoms with Crippen molar-refractivity contribution in [1.29, 1.82) is 0 Å². The molecule has 4 N–H and O–H groups in total. The number of nitrogens with two attached hydrogens (primary N) is 2. The van der Waals surface area contributed by atoms with Gasteiger partial charge in [0.25, 0.3) is 0 Å². The molecule has 0 saturated carbocycles. The summed E-state index contributed by atoms with van der Waals surface area (Å²) in [5.74, 6) is -0.931. The van der Waals surface area contributed by atoms with Gasteiger partial charge in [-0.05, 0) is 25.2 Å². The minimum atomic E-state index is -1.19. The van der Waals surface area contributed by atoms with Crippen LogP contribution in [0.5, 0.6) is 0 Å². The molecular formula is C16H20F2N3P. The zero-order valence-corrected chi connectivity index (χ0v) is 13.6. The van der Waals surface area contributed by atoms with Gasteiger partial charge in [0.15, 0.2) is 0 Å². The maximum Gasteiger partial charge on any atom is 0.146 e. The third-order valence-corrected chi connectivity index (χ3v) is 6.35. The number of anilines is 2. The van der Waals surface area contributed by atoms with Crippen molar-refractivity contribution < 1.29 is 8.78 Å². The highest BCUT2D eigenvalue weighted by Gasteiger charge is 2.26. The van der Waals surface area contributed by atoms with E-state index in [2.05, 4.69) is 4.67 Å². The second kappa shape index (κ2) is 7.03. The Morgan fingerprint density at radius 1 is 0.864 bits per heavy atom. The normalized spacial score (nSPS) is 11.4. The Labute approximate surface area is 130 Å². The standard InChI is InChI=1S/C16H20F2N3P/c1-3-21(4-2)22(13-9-5-7-11(17)15(13)19)14-10-6-8-12(18)16(14)20/h5-10H,3-4,19-20H2,1-2H3. The van der Waals surface area contributed by atoms with Gasteiger partial charge < -0.3 is 11.5 Å². The monoisotopic (exact) mass is 323 g/mol. The molecule has 118 valence electrons. The molecule has 0 aliphatic carbocycles. The molecule has 2 aromatic rings. The number of para-hydroxylation sites is 2. The number of halogens is 2. The first-order valence-electron chi connectivity index (χ1n) is 7.14. The second-order valence-corrected chi connectivity index (χ2v) is 6.95. The summed E-state index contributed by atoms with van der Waals surface area (Å²) in [5, 5.41) is 1.33. The number of nitrogens with zero attached hydrogens (tertiary/aromatic N) is 1. The third kappa shape index (κ3) is 3.06. The summed E-state index contributed by atoms with van der Waals surface area (Å²) in [4.78, 5) is 0. The molecule has 0 bridgehead atoms. The lowest BCUT2D eigenvalue weighted by Crippen LogP contribution is -2.31. The quantitative estimate of drug-likeness (QED) is 0.657. The lowest BCUT2D eigenvalue weighted by Gasteiger charge is -2.32. The van der Waals surface area contributed by atoms with E-state index in [-0.39, 0.29) is 11.4 Å². The fourth-order valence-corrected chi connectivity index (χ4v) is 4.92. The molecule has 0 radical (unpaired) electrons. The molecule has 0 saturated heterocycles. The lowest BCUT2D eigenvalue weighted by atomic mass is 10.3. The molecule has 0 heterocycles. The van der Waals surface area contributed by atoms with Crippen molar-refractivity contribution in [2.75, 3.05) is 24.6 Å². The minimum absolute atomic E-state index is 0.101. The fourth-order valence-electron chi connectivity index (χ4n) is 2.36. The third-order valence-electron chi connectivity index (χ3n) is 3.53. The molecule has 0 aromatic heterocycles. The summed E-state index contributed by atoms with van der Waals surface area (Å²) < 4.78 is 29.9. The summed E-state index contributed by atoms with van der Waals surface area (Å²) in [7, 11) is -1.19. The fraction of sp³-hybridized carbons (Fsp3) is 0.250. The number of benzene rings is 2. The molecule has 2 rings (SSSR count). The molecule has 22 heavy (non-hydrogen) atoms. The molecule has 6 heteroatoms. The number of nitrogen functional groups attached to an aromatic ring is 2. The first-order valence-corrected chi connectivity index (χ1v) is 8.43. The van der Waals surface area contributed by atoms with Crippen LogP contribution in [0.4, 0.5) is 20.2 Å².